The summed E-state index contributed by atoms with van der Waals surface area (Å²) in [4.78, 5) is 23.9. The Kier molecular flexibility index (Phi) is 3.29. The monoisotopic (exact) mass is 317 g/mol. The number of aromatic carboxylic acids is 1. The number of aryl methyl sites for hydroxylation is 1. The summed E-state index contributed by atoms with van der Waals surface area (Å²) in [5, 5.41) is 12.1. The number of rotatable bonds is 4. The minimum Gasteiger partial charge on any atom is -0.478 e. The highest BCUT2D eigenvalue weighted by Gasteiger charge is 2.54. The van der Waals surface area contributed by atoms with Gasteiger partial charge < -0.3 is 14.8 Å². The Hall–Kier alpha value is -1.78. The molecule has 4 saturated carbocycles. The lowest BCUT2D eigenvalue weighted by Crippen LogP contribution is -2.53. The number of nitrogens with one attached hydrogen (secondary N) is 1. The maximum Gasteiger partial charge on any atom is 0.339 e. The van der Waals surface area contributed by atoms with E-state index < -0.39 is 5.97 Å². The van der Waals surface area contributed by atoms with E-state index >= 15 is 0 Å². The van der Waals surface area contributed by atoms with Crippen molar-refractivity contribution in [2.75, 3.05) is 0 Å². The molecule has 5 nitrogen and oxygen atoms in total. The maximum absolute atomic E-state index is 12.8. The van der Waals surface area contributed by atoms with E-state index in [0.29, 0.717) is 11.5 Å². The summed E-state index contributed by atoms with van der Waals surface area (Å²) in [5.41, 5.74) is -0.00417. The molecule has 0 radical (unpaired) electrons. The molecule has 23 heavy (non-hydrogen) atoms. The van der Waals surface area contributed by atoms with Gasteiger partial charge in [-0.05, 0) is 69.3 Å². The molecule has 1 aromatic heterocycles. The number of carbonyl (C=O) groups excluding carboxylic acids is 1. The van der Waals surface area contributed by atoms with Crippen LogP contribution in [0.4, 0.5) is 0 Å². The van der Waals surface area contributed by atoms with Crippen LogP contribution in [-0.4, -0.2) is 17.0 Å². The van der Waals surface area contributed by atoms with Crippen molar-refractivity contribution in [2.24, 2.45) is 23.2 Å². The number of carboxylic acids is 1. The predicted octanol–water partition coefficient (Wildman–Crippen LogP) is 3.12. The van der Waals surface area contributed by atoms with Crippen LogP contribution in [0.25, 0.3) is 0 Å². The van der Waals surface area contributed by atoms with Gasteiger partial charge in [-0.25, -0.2) is 4.79 Å². The van der Waals surface area contributed by atoms with Crippen molar-refractivity contribution in [3.05, 3.63) is 23.2 Å². The quantitative estimate of drug-likeness (QED) is 0.894. The van der Waals surface area contributed by atoms with Gasteiger partial charge in [0.25, 0.3) is 0 Å². The van der Waals surface area contributed by atoms with E-state index in [4.69, 9.17) is 9.52 Å². The molecule has 1 heterocycles. The second-order valence-electron chi connectivity index (χ2n) is 7.87. The number of hydrogen-bond donors (Lipinski definition) is 2. The van der Waals surface area contributed by atoms with E-state index in [1.807, 2.05) is 0 Å². The highest BCUT2D eigenvalue weighted by Crippen LogP contribution is 2.60. The Morgan fingerprint density at radius 1 is 1.22 bits per heavy atom. The van der Waals surface area contributed by atoms with Gasteiger partial charge in [-0.2, -0.15) is 0 Å². The van der Waals surface area contributed by atoms with Gasteiger partial charge >= 0.3 is 5.97 Å². The number of furan rings is 1. The van der Waals surface area contributed by atoms with Gasteiger partial charge in [0.15, 0.2) is 0 Å². The molecule has 2 N–H and O–H groups in total. The third kappa shape index (κ3) is 2.46. The Morgan fingerprint density at radius 3 is 2.26 bits per heavy atom. The average Bonchev–Trinajstić information content (AvgIpc) is 2.84. The minimum absolute atomic E-state index is 0.141. The number of carboxylic acid groups (broad SMARTS) is 1. The van der Waals surface area contributed by atoms with Gasteiger partial charge in [0.1, 0.15) is 17.1 Å². The third-order valence-electron chi connectivity index (χ3n) is 6.14. The van der Waals surface area contributed by atoms with E-state index in [0.717, 1.165) is 37.0 Å². The van der Waals surface area contributed by atoms with Crippen LogP contribution in [0.1, 0.15) is 60.4 Å². The molecular formula is C18H23NO4. The van der Waals surface area contributed by atoms with Crippen LogP contribution < -0.4 is 5.32 Å². The fraction of sp³-hybridized carbons (Fsp3) is 0.667. The number of carbonyl (C=O) groups is 2. The smallest absolute Gasteiger partial charge is 0.339 e. The van der Waals surface area contributed by atoms with Crippen molar-refractivity contribution in [1.82, 2.24) is 5.32 Å². The molecule has 4 aliphatic carbocycles. The predicted molar refractivity (Wildman–Crippen MR) is 82.9 cm³/mol. The first kappa shape index (κ1) is 14.8. The Morgan fingerprint density at radius 2 is 1.78 bits per heavy atom. The van der Waals surface area contributed by atoms with E-state index in [-0.39, 0.29) is 23.4 Å². The molecule has 1 amide bonds. The Balaban J connectivity index is 1.44. The van der Waals surface area contributed by atoms with Crippen molar-refractivity contribution < 1.29 is 19.1 Å². The van der Waals surface area contributed by atoms with Crippen molar-refractivity contribution in [2.45, 2.75) is 52.0 Å². The Labute approximate surface area is 135 Å². The topological polar surface area (TPSA) is 79.5 Å². The largest absolute Gasteiger partial charge is 0.478 e. The molecule has 5 heteroatoms. The number of amides is 1. The summed E-state index contributed by atoms with van der Waals surface area (Å²) in [6, 6.07) is 1.51. The zero-order chi connectivity index (χ0) is 16.2. The lowest BCUT2D eigenvalue weighted by molar-refractivity contribution is -0.146. The third-order valence-corrected chi connectivity index (χ3v) is 6.14. The van der Waals surface area contributed by atoms with Crippen molar-refractivity contribution >= 4 is 11.9 Å². The summed E-state index contributed by atoms with van der Waals surface area (Å²) >= 11 is 0. The molecule has 0 aliphatic heterocycles. The van der Waals surface area contributed by atoms with Crippen molar-refractivity contribution in [3.8, 4) is 0 Å². The van der Waals surface area contributed by atoms with Gasteiger partial charge in [0, 0.05) is 5.41 Å². The second kappa shape index (κ2) is 5.11. The van der Waals surface area contributed by atoms with Crippen LogP contribution in [-0.2, 0) is 11.3 Å². The van der Waals surface area contributed by atoms with Crippen LogP contribution >= 0.6 is 0 Å². The summed E-state index contributed by atoms with van der Waals surface area (Å²) in [5.74, 6) is 2.24. The molecule has 0 aromatic carbocycles. The van der Waals surface area contributed by atoms with Crippen LogP contribution in [0, 0.1) is 30.1 Å². The first-order valence-corrected chi connectivity index (χ1v) is 8.56. The second-order valence-corrected chi connectivity index (χ2v) is 7.87. The molecule has 4 bridgehead atoms. The highest BCUT2D eigenvalue weighted by molar-refractivity contribution is 5.89. The van der Waals surface area contributed by atoms with Crippen LogP contribution in [0.5, 0.6) is 0 Å². The van der Waals surface area contributed by atoms with Gasteiger partial charge in [-0.1, -0.05) is 0 Å². The van der Waals surface area contributed by atoms with E-state index in [1.54, 1.807) is 6.92 Å². The summed E-state index contributed by atoms with van der Waals surface area (Å²) in [7, 11) is 0. The normalized spacial score (nSPS) is 34.6. The molecule has 0 spiro atoms. The summed E-state index contributed by atoms with van der Waals surface area (Å²) < 4.78 is 5.45. The maximum atomic E-state index is 12.8. The molecule has 0 saturated heterocycles. The minimum atomic E-state index is -0.995. The van der Waals surface area contributed by atoms with Crippen LogP contribution in [0.15, 0.2) is 10.5 Å². The zero-order valence-electron chi connectivity index (χ0n) is 13.4. The van der Waals surface area contributed by atoms with Gasteiger partial charge in [-0.15, -0.1) is 0 Å². The SMILES string of the molecule is Cc1oc(CNC(=O)C23CC4CC(CC(C4)C2)C3)cc1C(=O)O. The molecule has 124 valence electrons. The first-order valence-electron chi connectivity index (χ1n) is 8.56. The first-order chi connectivity index (χ1) is 10.9. The molecule has 4 fully saturated rings. The fourth-order valence-corrected chi connectivity index (χ4v) is 5.59. The van der Waals surface area contributed by atoms with Crippen molar-refractivity contribution in [1.29, 1.82) is 0 Å². The highest BCUT2D eigenvalue weighted by atomic mass is 16.4. The lowest BCUT2D eigenvalue weighted by Gasteiger charge is -2.55. The van der Waals surface area contributed by atoms with E-state index in [9.17, 15) is 9.59 Å². The lowest BCUT2D eigenvalue weighted by atomic mass is 9.49. The van der Waals surface area contributed by atoms with Gasteiger partial charge in [-0.3, -0.25) is 4.79 Å². The summed E-state index contributed by atoms with van der Waals surface area (Å²) in [6.45, 7) is 1.91. The number of hydrogen-bond acceptors (Lipinski definition) is 3. The molecule has 4 aliphatic rings. The molecule has 5 rings (SSSR count). The zero-order valence-corrected chi connectivity index (χ0v) is 13.4. The average molecular weight is 317 g/mol. The summed E-state index contributed by atoms with van der Waals surface area (Å²) in [6.07, 6.45) is 7.02. The van der Waals surface area contributed by atoms with Crippen molar-refractivity contribution in [3.63, 3.8) is 0 Å². The van der Waals surface area contributed by atoms with Gasteiger partial charge in [0.2, 0.25) is 5.91 Å². The standard InChI is InChI=1S/C18H23NO4/c1-10-15(16(20)21)5-14(23-10)9-19-17(22)18-6-11-2-12(7-18)4-13(3-11)8-18/h5,11-13H,2-4,6-9H2,1H3,(H,19,22)(H,20,21). The molecule has 1 aromatic rings. The van der Waals surface area contributed by atoms with Gasteiger partial charge in [0.05, 0.1) is 6.54 Å². The van der Waals surface area contributed by atoms with Crippen LogP contribution in [0.3, 0.4) is 0 Å². The molecular weight excluding hydrogens is 294 g/mol. The van der Waals surface area contributed by atoms with E-state index in [1.165, 1.54) is 25.3 Å². The molecule has 0 atom stereocenters. The van der Waals surface area contributed by atoms with E-state index in [2.05, 4.69) is 5.32 Å². The Bertz CT molecular complexity index is 625. The fourth-order valence-electron chi connectivity index (χ4n) is 5.59. The molecule has 0 unspecified atom stereocenters. The van der Waals surface area contributed by atoms with Crippen LogP contribution in [0.2, 0.25) is 0 Å².